The fraction of sp³-hybridized carbons (Fsp3) is 0.500. The van der Waals surface area contributed by atoms with Gasteiger partial charge in [0.05, 0.1) is 6.61 Å². The molecule has 1 aliphatic heterocycles. The summed E-state index contributed by atoms with van der Waals surface area (Å²) < 4.78 is 5.44. The number of hydrogen-bond donors (Lipinski definition) is 5. The van der Waals surface area contributed by atoms with Crippen molar-refractivity contribution in [3.63, 3.8) is 0 Å². The van der Waals surface area contributed by atoms with Crippen LogP contribution in [0.1, 0.15) is 22.0 Å². The summed E-state index contributed by atoms with van der Waals surface area (Å²) in [6.45, 7) is -0.490. The number of carbonyl (C=O) groups excluding carboxylic acids is 1. The molecular formula is C14H19NO6. The summed E-state index contributed by atoms with van der Waals surface area (Å²) in [6, 6.07) is 6.40. The van der Waals surface area contributed by atoms with Gasteiger partial charge in [-0.1, -0.05) is 12.1 Å². The van der Waals surface area contributed by atoms with Crippen molar-refractivity contribution in [2.24, 2.45) is 0 Å². The molecule has 7 heteroatoms. The van der Waals surface area contributed by atoms with Gasteiger partial charge in [-0.15, -0.1) is 0 Å². The third-order valence-electron chi connectivity index (χ3n) is 3.60. The predicted octanol–water partition coefficient (Wildman–Crippen LogP) is -1.44. The predicted molar refractivity (Wildman–Crippen MR) is 72.6 cm³/mol. The average molecular weight is 297 g/mol. The minimum absolute atomic E-state index is 0.290. The van der Waals surface area contributed by atoms with Crippen molar-refractivity contribution in [1.29, 1.82) is 0 Å². The van der Waals surface area contributed by atoms with Gasteiger partial charge < -0.3 is 30.5 Å². The molecule has 5 N–H and O–H groups in total. The topological polar surface area (TPSA) is 119 Å². The molecule has 1 fully saturated rings. The van der Waals surface area contributed by atoms with Gasteiger partial charge in [0, 0.05) is 12.6 Å². The summed E-state index contributed by atoms with van der Waals surface area (Å²) in [7, 11) is 1.50. The maximum atomic E-state index is 11.6. The summed E-state index contributed by atoms with van der Waals surface area (Å²) in [5, 5.41) is 41.2. The number of amides is 1. The van der Waals surface area contributed by atoms with Crippen molar-refractivity contribution in [3.8, 4) is 0 Å². The number of carbonyl (C=O) groups is 1. The molecule has 21 heavy (non-hydrogen) atoms. The van der Waals surface area contributed by atoms with Gasteiger partial charge in [0.25, 0.3) is 5.91 Å². The molecule has 0 radical (unpaired) electrons. The van der Waals surface area contributed by atoms with E-state index in [0.29, 0.717) is 11.1 Å². The van der Waals surface area contributed by atoms with E-state index in [0.717, 1.165) is 0 Å². The highest BCUT2D eigenvalue weighted by Gasteiger charge is 2.43. The Hall–Kier alpha value is -1.51. The van der Waals surface area contributed by atoms with Crippen LogP contribution in [-0.2, 0) is 4.74 Å². The van der Waals surface area contributed by atoms with Crippen LogP contribution < -0.4 is 5.32 Å². The molecule has 7 nitrogen and oxygen atoms in total. The monoisotopic (exact) mass is 297 g/mol. The van der Waals surface area contributed by atoms with E-state index in [9.17, 15) is 20.1 Å². The maximum absolute atomic E-state index is 11.6. The van der Waals surface area contributed by atoms with E-state index in [1.165, 1.54) is 13.1 Å². The van der Waals surface area contributed by atoms with E-state index in [1.807, 2.05) is 0 Å². The zero-order valence-electron chi connectivity index (χ0n) is 11.5. The first-order valence-electron chi connectivity index (χ1n) is 6.62. The fourth-order valence-electron chi connectivity index (χ4n) is 2.38. The molecule has 0 aliphatic carbocycles. The molecule has 0 bridgehead atoms. The van der Waals surface area contributed by atoms with E-state index in [2.05, 4.69) is 5.32 Å². The maximum Gasteiger partial charge on any atom is 0.251 e. The van der Waals surface area contributed by atoms with Crippen LogP contribution in [-0.4, -0.2) is 64.4 Å². The summed E-state index contributed by atoms with van der Waals surface area (Å²) in [5.41, 5.74) is 0.861. The molecule has 0 unspecified atom stereocenters. The molecular weight excluding hydrogens is 278 g/mol. The molecule has 1 aliphatic rings. The van der Waals surface area contributed by atoms with Gasteiger partial charge in [-0.3, -0.25) is 4.79 Å². The first-order chi connectivity index (χ1) is 9.99. The zero-order chi connectivity index (χ0) is 15.6. The Morgan fingerprint density at radius 1 is 1.24 bits per heavy atom. The van der Waals surface area contributed by atoms with Crippen LogP contribution in [0.15, 0.2) is 24.3 Å². The van der Waals surface area contributed by atoms with Crippen LogP contribution in [0.2, 0.25) is 0 Å². The molecule has 1 heterocycles. The summed E-state index contributed by atoms with van der Waals surface area (Å²) in [6.07, 6.45) is -6.11. The smallest absolute Gasteiger partial charge is 0.251 e. The number of aliphatic hydroxyl groups is 4. The highest BCUT2D eigenvalue weighted by molar-refractivity contribution is 5.94. The largest absolute Gasteiger partial charge is 0.394 e. The van der Waals surface area contributed by atoms with Gasteiger partial charge in [0.15, 0.2) is 0 Å². The van der Waals surface area contributed by atoms with E-state index in [4.69, 9.17) is 9.84 Å². The normalized spacial score (nSPS) is 32.7. The molecule has 1 amide bonds. The standard InChI is InChI=1S/C14H19NO6/c1-15-14(20)8-4-2-3-7(5-8)13-12(19)11(18)10(17)9(6-16)21-13/h2-5,9-13,16-19H,6H2,1H3,(H,15,20)/t9-,10-,11+,12-,13-/m1/s1. The second kappa shape index (κ2) is 6.50. The van der Waals surface area contributed by atoms with Gasteiger partial charge in [-0.05, 0) is 17.7 Å². The van der Waals surface area contributed by atoms with Crippen molar-refractivity contribution in [3.05, 3.63) is 35.4 Å². The van der Waals surface area contributed by atoms with Crippen molar-refractivity contribution in [2.45, 2.75) is 30.5 Å². The zero-order valence-corrected chi connectivity index (χ0v) is 11.5. The SMILES string of the molecule is CNC(=O)c1cccc([C@H]2O[C@H](CO)[C@@H](O)[C@H](O)[C@H]2O)c1. The lowest BCUT2D eigenvalue weighted by molar-refractivity contribution is -0.231. The van der Waals surface area contributed by atoms with Crippen LogP contribution in [0, 0.1) is 0 Å². The van der Waals surface area contributed by atoms with Crippen LogP contribution in [0.3, 0.4) is 0 Å². The minimum Gasteiger partial charge on any atom is -0.394 e. The van der Waals surface area contributed by atoms with Gasteiger partial charge in [-0.2, -0.15) is 0 Å². The first kappa shape index (κ1) is 15.9. The van der Waals surface area contributed by atoms with Crippen LogP contribution >= 0.6 is 0 Å². The van der Waals surface area contributed by atoms with E-state index in [-0.39, 0.29) is 5.91 Å². The molecule has 0 saturated carbocycles. The first-order valence-corrected chi connectivity index (χ1v) is 6.62. The summed E-state index contributed by atoms with van der Waals surface area (Å²) in [5.74, 6) is -0.290. The molecule has 2 rings (SSSR count). The number of benzene rings is 1. The highest BCUT2D eigenvalue weighted by Crippen LogP contribution is 2.32. The molecule has 1 saturated heterocycles. The second-order valence-corrected chi connectivity index (χ2v) is 4.95. The quantitative estimate of drug-likeness (QED) is 0.466. The Morgan fingerprint density at radius 3 is 2.57 bits per heavy atom. The minimum atomic E-state index is -1.44. The third kappa shape index (κ3) is 3.07. The third-order valence-corrected chi connectivity index (χ3v) is 3.60. The Kier molecular flexibility index (Phi) is 4.92. The Bertz CT molecular complexity index is 506. The summed E-state index contributed by atoms with van der Waals surface area (Å²) in [4.78, 5) is 11.6. The Morgan fingerprint density at radius 2 is 1.95 bits per heavy atom. The summed E-state index contributed by atoms with van der Waals surface area (Å²) >= 11 is 0. The molecule has 0 spiro atoms. The van der Waals surface area contributed by atoms with Gasteiger partial charge in [0.1, 0.15) is 30.5 Å². The molecule has 0 aromatic heterocycles. The Balaban J connectivity index is 2.29. The van der Waals surface area contributed by atoms with Crippen molar-refractivity contribution >= 4 is 5.91 Å². The van der Waals surface area contributed by atoms with E-state index < -0.39 is 37.1 Å². The fourth-order valence-corrected chi connectivity index (χ4v) is 2.38. The molecule has 1 aromatic carbocycles. The molecule has 116 valence electrons. The van der Waals surface area contributed by atoms with Gasteiger partial charge >= 0.3 is 0 Å². The number of hydrogen-bond acceptors (Lipinski definition) is 6. The average Bonchev–Trinajstić information content (AvgIpc) is 2.52. The van der Waals surface area contributed by atoms with Crippen molar-refractivity contribution < 1.29 is 30.0 Å². The van der Waals surface area contributed by atoms with Gasteiger partial charge in [-0.25, -0.2) is 0 Å². The van der Waals surface area contributed by atoms with Crippen molar-refractivity contribution in [1.82, 2.24) is 5.32 Å². The van der Waals surface area contributed by atoms with E-state index >= 15 is 0 Å². The Labute approximate surface area is 121 Å². The van der Waals surface area contributed by atoms with Crippen LogP contribution in [0.5, 0.6) is 0 Å². The van der Waals surface area contributed by atoms with Crippen molar-refractivity contribution in [2.75, 3.05) is 13.7 Å². The molecule has 5 atom stereocenters. The number of rotatable bonds is 3. The number of aliphatic hydroxyl groups excluding tert-OH is 4. The van der Waals surface area contributed by atoms with E-state index in [1.54, 1.807) is 18.2 Å². The highest BCUT2D eigenvalue weighted by atomic mass is 16.5. The number of nitrogens with one attached hydrogen (secondary N) is 1. The molecule has 1 aromatic rings. The lowest BCUT2D eigenvalue weighted by atomic mass is 9.90. The lowest BCUT2D eigenvalue weighted by Gasteiger charge is -2.40. The van der Waals surface area contributed by atoms with Crippen LogP contribution in [0.4, 0.5) is 0 Å². The van der Waals surface area contributed by atoms with Gasteiger partial charge in [0.2, 0.25) is 0 Å². The lowest BCUT2D eigenvalue weighted by Crippen LogP contribution is -2.55. The van der Waals surface area contributed by atoms with Crippen LogP contribution in [0.25, 0.3) is 0 Å². The number of ether oxygens (including phenoxy) is 1. The second-order valence-electron chi connectivity index (χ2n) is 4.95.